The van der Waals surface area contributed by atoms with E-state index in [9.17, 15) is 5.11 Å². The number of rotatable bonds is 3. The second-order valence-electron chi connectivity index (χ2n) is 6.21. The summed E-state index contributed by atoms with van der Waals surface area (Å²) < 4.78 is 2.09. The van der Waals surface area contributed by atoms with E-state index in [1.165, 1.54) is 0 Å². The normalized spacial score (nSPS) is 13.0. The molecule has 4 aromatic rings. The van der Waals surface area contributed by atoms with E-state index >= 15 is 0 Å². The van der Waals surface area contributed by atoms with Crippen molar-refractivity contribution in [3.8, 4) is 17.5 Å². The Balaban J connectivity index is 2.08. The summed E-state index contributed by atoms with van der Waals surface area (Å²) in [6, 6.07) is 29.9. The van der Waals surface area contributed by atoms with Crippen LogP contribution in [0.5, 0.6) is 0 Å². The number of fused-ring (bicyclic) bond motifs is 1. The van der Waals surface area contributed by atoms with Crippen molar-refractivity contribution < 1.29 is 5.11 Å². The third-order valence-electron chi connectivity index (χ3n) is 4.59. The number of aromatic nitrogens is 1. The summed E-state index contributed by atoms with van der Waals surface area (Å²) in [5, 5.41) is 12.8. The first kappa shape index (κ1) is 16.2. The van der Waals surface area contributed by atoms with Crippen LogP contribution in [0.3, 0.4) is 0 Å². The van der Waals surface area contributed by atoms with Crippen LogP contribution in [0.4, 0.5) is 0 Å². The van der Waals surface area contributed by atoms with Gasteiger partial charge < -0.3 is 9.67 Å². The van der Waals surface area contributed by atoms with Gasteiger partial charge in [-0.15, -0.1) is 5.92 Å². The molecule has 0 amide bonds. The van der Waals surface area contributed by atoms with Crippen LogP contribution in [0.25, 0.3) is 16.6 Å². The minimum Gasteiger partial charge on any atom is -0.368 e. The van der Waals surface area contributed by atoms with Gasteiger partial charge in [-0.3, -0.25) is 0 Å². The minimum absolute atomic E-state index is 0.741. The van der Waals surface area contributed by atoms with Gasteiger partial charge in [-0.05, 0) is 31.2 Å². The minimum atomic E-state index is -1.40. The van der Waals surface area contributed by atoms with Gasteiger partial charge in [0.15, 0.2) is 5.60 Å². The maximum Gasteiger partial charge on any atom is 0.192 e. The standard InChI is InChI=1S/C24H19NO/c1-2-17-24(26,20-12-5-3-6-13-20)23-18-19-11-9-10-16-22(19)25(23)21-14-7-4-8-15-21/h3-16,18,26H,1H3. The molecule has 126 valence electrons. The molecule has 2 heteroatoms. The van der Waals surface area contributed by atoms with E-state index in [4.69, 9.17) is 0 Å². The van der Waals surface area contributed by atoms with Gasteiger partial charge in [0.2, 0.25) is 0 Å². The maximum absolute atomic E-state index is 11.7. The van der Waals surface area contributed by atoms with Crippen molar-refractivity contribution in [2.24, 2.45) is 0 Å². The molecule has 0 fully saturated rings. The average Bonchev–Trinajstić information content (AvgIpc) is 3.10. The molecular weight excluding hydrogens is 318 g/mol. The molecule has 0 bridgehead atoms. The van der Waals surface area contributed by atoms with E-state index in [0.717, 1.165) is 27.8 Å². The zero-order valence-corrected chi connectivity index (χ0v) is 14.6. The van der Waals surface area contributed by atoms with Crippen LogP contribution >= 0.6 is 0 Å². The quantitative estimate of drug-likeness (QED) is 0.529. The van der Waals surface area contributed by atoms with Gasteiger partial charge >= 0.3 is 0 Å². The fraction of sp³-hybridized carbons (Fsp3) is 0.0833. The van der Waals surface area contributed by atoms with Gasteiger partial charge in [0.05, 0.1) is 11.2 Å². The Hall–Kier alpha value is -3.28. The van der Waals surface area contributed by atoms with Gasteiger partial charge in [0, 0.05) is 16.6 Å². The van der Waals surface area contributed by atoms with Crippen LogP contribution in [0.15, 0.2) is 91.0 Å². The van der Waals surface area contributed by atoms with E-state index in [-0.39, 0.29) is 0 Å². The number of benzene rings is 3. The average molecular weight is 337 g/mol. The molecule has 4 rings (SSSR count). The van der Waals surface area contributed by atoms with Crippen molar-refractivity contribution in [1.29, 1.82) is 0 Å². The Bertz CT molecular complexity index is 1100. The van der Waals surface area contributed by atoms with Gasteiger partial charge in [-0.1, -0.05) is 72.7 Å². The Kier molecular flexibility index (Phi) is 4.08. The predicted molar refractivity (Wildman–Crippen MR) is 106 cm³/mol. The summed E-state index contributed by atoms with van der Waals surface area (Å²) in [6.07, 6.45) is 0. The number of hydrogen-bond donors (Lipinski definition) is 1. The van der Waals surface area contributed by atoms with Crippen LogP contribution in [-0.4, -0.2) is 9.67 Å². The Morgan fingerprint density at radius 3 is 2.12 bits per heavy atom. The van der Waals surface area contributed by atoms with Crippen molar-refractivity contribution in [2.75, 3.05) is 0 Å². The van der Waals surface area contributed by atoms with Crippen molar-refractivity contribution >= 4 is 10.9 Å². The molecule has 0 radical (unpaired) electrons. The first-order chi connectivity index (χ1) is 12.7. The number of hydrogen-bond acceptors (Lipinski definition) is 1. The molecular formula is C24H19NO. The molecule has 3 aromatic carbocycles. The van der Waals surface area contributed by atoms with Gasteiger partial charge in [-0.2, -0.15) is 0 Å². The van der Waals surface area contributed by atoms with Crippen LogP contribution < -0.4 is 0 Å². The molecule has 1 N–H and O–H groups in total. The molecule has 0 aliphatic rings. The summed E-state index contributed by atoms with van der Waals surface area (Å²) in [7, 11) is 0. The molecule has 0 aliphatic heterocycles. The van der Waals surface area contributed by atoms with Crippen molar-refractivity contribution in [2.45, 2.75) is 12.5 Å². The van der Waals surface area contributed by atoms with Crippen LogP contribution in [0, 0.1) is 11.8 Å². The first-order valence-electron chi connectivity index (χ1n) is 8.62. The highest BCUT2D eigenvalue weighted by molar-refractivity contribution is 5.84. The summed E-state index contributed by atoms with van der Waals surface area (Å²) in [5.74, 6) is 5.96. The van der Waals surface area contributed by atoms with Crippen LogP contribution in [0.2, 0.25) is 0 Å². The Morgan fingerprint density at radius 2 is 1.42 bits per heavy atom. The van der Waals surface area contributed by atoms with E-state index < -0.39 is 5.60 Å². The SMILES string of the molecule is CC#CC(O)(c1ccccc1)c1cc2ccccc2n1-c1ccccc1. The van der Waals surface area contributed by atoms with Crippen LogP contribution in [0.1, 0.15) is 18.2 Å². The van der Waals surface area contributed by atoms with Gasteiger partial charge in [0.1, 0.15) is 0 Å². The number of nitrogens with zero attached hydrogens (tertiary/aromatic N) is 1. The third-order valence-corrected chi connectivity index (χ3v) is 4.59. The zero-order valence-electron chi connectivity index (χ0n) is 14.6. The van der Waals surface area contributed by atoms with E-state index in [1.807, 2.05) is 78.9 Å². The fourth-order valence-electron chi connectivity index (χ4n) is 3.42. The maximum atomic E-state index is 11.7. The Morgan fingerprint density at radius 1 is 0.808 bits per heavy atom. The molecule has 2 nitrogen and oxygen atoms in total. The first-order valence-corrected chi connectivity index (χ1v) is 8.62. The number of para-hydroxylation sites is 2. The zero-order chi connectivity index (χ0) is 18.0. The molecule has 26 heavy (non-hydrogen) atoms. The molecule has 0 spiro atoms. The van der Waals surface area contributed by atoms with Crippen molar-refractivity contribution in [1.82, 2.24) is 4.57 Å². The monoisotopic (exact) mass is 337 g/mol. The third kappa shape index (κ3) is 2.60. The summed E-state index contributed by atoms with van der Waals surface area (Å²) in [6.45, 7) is 1.75. The molecule has 1 heterocycles. The number of aliphatic hydroxyl groups is 1. The molecule has 1 atom stereocenters. The van der Waals surface area contributed by atoms with E-state index in [1.54, 1.807) is 6.92 Å². The highest BCUT2D eigenvalue weighted by Gasteiger charge is 2.34. The summed E-state index contributed by atoms with van der Waals surface area (Å²) in [5.41, 5.74) is 2.14. The second-order valence-corrected chi connectivity index (χ2v) is 6.21. The molecule has 0 saturated carbocycles. The van der Waals surface area contributed by atoms with Crippen molar-refractivity contribution in [3.63, 3.8) is 0 Å². The van der Waals surface area contributed by atoms with E-state index in [2.05, 4.69) is 28.5 Å². The molecule has 1 unspecified atom stereocenters. The van der Waals surface area contributed by atoms with Gasteiger partial charge in [-0.25, -0.2) is 0 Å². The second kappa shape index (κ2) is 6.55. The summed E-state index contributed by atoms with van der Waals surface area (Å²) in [4.78, 5) is 0. The Labute approximate surface area is 153 Å². The van der Waals surface area contributed by atoms with Crippen LogP contribution in [-0.2, 0) is 5.60 Å². The lowest BCUT2D eigenvalue weighted by molar-refractivity contribution is 0.139. The highest BCUT2D eigenvalue weighted by Crippen LogP contribution is 2.35. The molecule has 0 saturated heterocycles. The smallest absolute Gasteiger partial charge is 0.192 e. The lowest BCUT2D eigenvalue weighted by Crippen LogP contribution is -2.28. The van der Waals surface area contributed by atoms with Gasteiger partial charge in [0.25, 0.3) is 0 Å². The topological polar surface area (TPSA) is 25.2 Å². The van der Waals surface area contributed by atoms with E-state index in [0.29, 0.717) is 0 Å². The lowest BCUT2D eigenvalue weighted by Gasteiger charge is -2.25. The fourth-order valence-corrected chi connectivity index (χ4v) is 3.42. The molecule has 1 aromatic heterocycles. The predicted octanol–water partition coefficient (Wildman–Crippen LogP) is 4.89. The summed E-state index contributed by atoms with van der Waals surface area (Å²) >= 11 is 0. The van der Waals surface area contributed by atoms with Crippen molar-refractivity contribution in [3.05, 3.63) is 102 Å². The lowest BCUT2D eigenvalue weighted by atomic mass is 9.90. The largest absolute Gasteiger partial charge is 0.368 e. The molecule has 0 aliphatic carbocycles. The highest BCUT2D eigenvalue weighted by atomic mass is 16.3.